The zero-order valence-corrected chi connectivity index (χ0v) is 50.9. The van der Waals surface area contributed by atoms with Gasteiger partial charge in [0.25, 0.3) is 0 Å². The molecule has 2 aromatic heterocycles. The summed E-state index contributed by atoms with van der Waals surface area (Å²) in [6.45, 7) is 30.2. The summed E-state index contributed by atoms with van der Waals surface area (Å²) in [6.07, 6.45) is 2.75. The highest BCUT2D eigenvalue weighted by Gasteiger charge is 2.38. The topological polar surface area (TPSA) is 33.5 Å². The Morgan fingerprint density at radius 2 is 1.23 bits per heavy atom. The van der Waals surface area contributed by atoms with Crippen LogP contribution in [0.15, 0.2) is 182 Å². The fraction of sp³-hybridized carbons (Fsp3) is 0.321. The lowest BCUT2D eigenvalue weighted by Crippen LogP contribution is -2.33. The number of ether oxygens (including phenoxy) is 1. The number of hydrogen-bond donors (Lipinski definition) is 0. The van der Waals surface area contributed by atoms with Gasteiger partial charge in [0.05, 0.1) is 39.1 Å². The van der Waals surface area contributed by atoms with E-state index in [1.807, 2.05) is 97.3 Å². The number of hydrogen-bond acceptors (Lipinski definition) is 4. The molecule has 0 fully saturated rings. The summed E-state index contributed by atoms with van der Waals surface area (Å²) in [4.78, 5) is 9.27. The van der Waals surface area contributed by atoms with Crippen LogP contribution in [-0.2, 0) is 34.5 Å². The molecule has 0 amide bonds. The molecule has 5 heteroatoms. The van der Waals surface area contributed by atoms with Crippen molar-refractivity contribution in [1.29, 1.82) is 0 Å². The maximum atomic E-state index is 10.2. The van der Waals surface area contributed by atoms with Crippen molar-refractivity contribution >= 4 is 44.6 Å². The van der Waals surface area contributed by atoms with Gasteiger partial charge < -0.3 is 14.5 Å². The minimum atomic E-state index is -1.74. The fourth-order valence-corrected chi connectivity index (χ4v) is 12.4. The minimum Gasteiger partial charge on any atom is -0.457 e. The van der Waals surface area contributed by atoms with Gasteiger partial charge in [-0.25, -0.2) is 4.98 Å². The molecule has 0 N–H and O–H groups in total. The zero-order valence-electron chi connectivity index (χ0n) is 60.9. The number of aromatic nitrogens is 2. The Morgan fingerprint density at radius 1 is 0.554 bits per heavy atom. The van der Waals surface area contributed by atoms with E-state index in [2.05, 4.69) is 135 Å². The Kier molecular flexibility index (Phi) is 11.3. The van der Waals surface area contributed by atoms with Crippen molar-refractivity contribution in [2.45, 2.75) is 144 Å². The lowest BCUT2D eigenvalue weighted by molar-refractivity contribution is 0.332. The highest BCUT2D eigenvalue weighted by atomic mass is 16.5. The van der Waals surface area contributed by atoms with Crippen molar-refractivity contribution in [2.75, 3.05) is 16.5 Å². The standard InChI is InChI=1S/C78H84N4O/c1-50(2)38-52-40-57(44-59(41-52)76(8,9)10)54-26-28-55(29-27-54)65-42-53(39-51(3)4)43-66(56-30-33-67-68(45-56)78(13,14)36-35-77(67,11)12)74(65)81-49-80(70-24-17-18-25-71(70)81)60-20-19-21-61(47-60)83-62-31-32-64-63-22-15-16-23-69(63)82(72(64)48-62)73-46-58(34-37-79-73)75(5,6)7/h15-34,37,40-48,50-51H,35-36,38-39,49H2,1-14H3/i15D,16D,22D,23D,26D,27D,28D,29D,38D2. The lowest BCUT2D eigenvalue weighted by Gasteiger charge is -2.42. The number of rotatable bonds is 12. The van der Waals surface area contributed by atoms with Gasteiger partial charge in [0.1, 0.15) is 24.0 Å². The molecule has 0 radical (unpaired) electrons. The molecule has 8 aromatic carbocycles. The maximum Gasteiger partial charge on any atom is 0.137 e. The molecule has 1 aliphatic heterocycles. The predicted octanol–water partition coefficient (Wildman–Crippen LogP) is 21.6. The Labute approximate surface area is 509 Å². The molecule has 83 heavy (non-hydrogen) atoms. The van der Waals surface area contributed by atoms with E-state index < -0.39 is 11.8 Å². The van der Waals surface area contributed by atoms with E-state index in [1.165, 1.54) is 11.1 Å². The van der Waals surface area contributed by atoms with Gasteiger partial charge in [0.15, 0.2) is 0 Å². The number of anilines is 4. The summed E-state index contributed by atoms with van der Waals surface area (Å²) >= 11 is 0. The normalized spacial score (nSPS) is 16.8. The van der Waals surface area contributed by atoms with Gasteiger partial charge in [-0.2, -0.15) is 0 Å². The quantitative estimate of drug-likeness (QED) is 0.122. The molecule has 0 atom stereocenters. The zero-order chi connectivity index (χ0) is 67.1. The first-order valence-electron chi connectivity index (χ1n) is 34.6. The van der Waals surface area contributed by atoms with Crippen LogP contribution in [0.4, 0.5) is 22.7 Å². The molecule has 12 rings (SSSR count). The Balaban J connectivity index is 1.04. The molecule has 0 unspecified atom stereocenters. The van der Waals surface area contributed by atoms with Crippen LogP contribution < -0.4 is 14.5 Å². The van der Waals surface area contributed by atoms with Crippen molar-refractivity contribution in [3.8, 4) is 50.7 Å². The van der Waals surface area contributed by atoms with Crippen molar-refractivity contribution < 1.29 is 18.4 Å². The van der Waals surface area contributed by atoms with Crippen molar-refractivity contribution in [3.05, 3.63) is 215 Å². The summed E-state index contributed by atoms with van der Waals surface area (Å²) in [5, 5.41) is 1.02. The number of fused-ring (bicyclic) bond motifs is 5. The highest BCUT2D eigenvalue weighted by molar-refractivity contribution is 6.09. The van der Waals surface area contributed by atoms with Gasteiger partial charge in [-0.05, 0) is 181 Å². The van der Waals surface area contributed by atoms with E-state index in [9.17, 15) is 9.60 Å². The molecule has 0 saturated carbocycles. The first kappa shape index (κ1) is 44.7. The average molecular weight is 1100 g/mol. The molecule has 422 valence electrons. The molecule has 0 bridgehead atoms. The van der Waals surface area contributed by atoms with Crippen molar-refractivity contribution in [3.63, 3.8) is 0 Å². The van der Waals surface area contributed by atoms with Crippen LogP contribution in [0, 0.1) is 11.8 Å². The minimum absolute atomic E-state index is 0.0490. The molecule has 0 saturated heterocycles. The molecule has 2 aliphatic rings. The van der Waals surface area contributed by atoms with E-state index in [0.717, 1.165) is 63.4 Å². The summed E-state index contributed by atoms with van der Waals surface area (Å²) in [6, 6.07) is 40.6. The second-order valence-corrected chi connectivity index (χ2v) is 27.2. The highest BCUT2D eigenvalue weighted by Crippen LogP contribution is 2.53. The first-order valence-corrected chi connectivity index (χ1v) is 29.6. The van der Waals surface area contributed by atoms with Gasteiger partial charge in [-0.3, -0.25) is 4.57 Å². The summed E-state index contributed by atoms with van der Waals surface area (Å²) in [5.41, 5.74) is 12.5. The third-order valence-electron chi connectivity index (χ3n) is 17.0. The lowest BCUT2D eigenvalue weighted by atomic mass is 9.63. The monoisotopic (exact) mass is 1100 g/mol. The molecule has 0 spiro atoms. The molecule has 5 nitrogen and oxygen atoms in total. The van der Waals surface area contributed by atoms with Crippen molar-refractivity contribution in [2.24, 2.45) is 11.8 Å². The van der Waals surface area contributed by atoms with E-state index in [0.29, 0.717) is 62.2 Å². The number of benzene rings is 8. The number of nitrogens with zero attached hydrogens (tertiary/aromatic N) is 4. The average Bonchev–Trinajstić information content (AvgIpc) is 1.69. The largest absolute Gasteiger partial charge is 0.457 e. The van der Waals surface area contributed by atoms with E-state index in [1.54, 1.807) is 12.3 Å². The molecular weight excluding hydrogens is 1010 g/mol. The first-order chi connectivity index (χ1) is 43.6. The summed E-state index contributed by atoms with van der Waals surface area (Å²) in [5.74, 6) is 1.38. The van der Waals surface area contributed by atoms with Crippen LogP contribution in [0.5, 0.6) is 11.5 Å². The Hall–Kier alpha value is -7.89. The van der Waals surface area contributed by atoms with Gasteiger partial charge in [0.2, 0.25) is 0 Å². The maximum absolute atomic E-state index is 10.2. The van der Waals surface area contributed by atoms with Crippen LogP contribution in [0.25, 0.3) is 61.0 Å². The van der Waals surface area contributed by atoms with Gasteiger partial charge in [0, 0.05) is 48.7 Å². The smallest absolute Gasteiger partial charge is 0.137 e. The summed E-state index contributed by atoms with van der Waals surface area (Å²) < 4.78 is 103. The summed E-state index contributed by atoms with van der Waals surface area (Å²) in [7, 11) is 0. The molecular formula is C78H84N4O. The fourth-order valence-electron chi connectivity index (χ4n) is 12.4. The van der Waals surface area contributed by atoms with Gasteiger partial charge in [-0.1, -0.05) is 194 Å². The molecule has 1 aliphatic carbocycles. The number of para-hydroxylation sites is 3. The second-order valence-electron chi connectivity index (χ2n) is 27.2. The van der Waals surface area contributed by atoms with Crippen LogP contribution in [0.1, 0.15) is 157 Å². The third kappa shape index (κ3) is 10.8. The van der Waals surface area contributed by atoms with Gasteiger partial charge >= 0.3 is 0 Å². The van der Waals surface area contributed by atoms with Crippen molar-refractivity contribution in [1.82, 2.24) is 9.55 Å². The SMILES string of the molecule is [2H]c1c([2H])c(-c2cc(CC(C)C)cc(-c3ccc4c(c3)C(C)(C)CCC4(C)C)c2N2CN(c3cccc(Oc4ccc5c6c([2H])c([2H])c([2H])c([2H])c6n(-c6cc(C(C)(C)C)ccn6)c5c4)c3)c3ccccc32)c([2H])c([2H])c1-c1cc(C(C)(C)C)cc(C([2H])([2H])C(C)C)c1. The Morgan fingerprint density at radius 3 is 1.94 bits per heavy atom. The van der Waals surface area contributed by atoms with Crippen LogP contribution >= 0.6 is 0 Å². The third-order valence-corrected chi connectivity index (χ3v) is 17.0. The van der Waals surface area contributed by atoms with Crippen LogP contribution in [0.3, 0.4) is 0 Å². The Bertz CT molecular complexity index is 4650. The van der Waals surface area contributed by atoms with Gasteiger partial charge in [-0.15, -0.1) is 0 Å². The molecule has 3 heterocycles. The predicted molar refractivity (Wildman–Crippen MR) is 353 cm³/mol. The van der Waals surface area contributed by atoms with Crippen LogP contribution in [0.2, 0.25) is 0 Å². The van der Waals surface area contributed by atoms with E-state index in [-0.39, 0.29) is 94.2 Å². The van der Waals surface area contributed by atoms with E-state index >= 15 is 0 Å². The second kappa shape index (κ2) is 21.1. The molecule has 10 aromatic rings. The van der Waals surface area contributed by atoms with Crippen LogP contribution in [-0.4, -0.2) is 16.2 Å². The van der Waals surface area contributed by atoms with E-state index in [4.69, 9.17) is 13.8 Å². The number of pyridine rings is 1.